The van der Waals surface area contributed by atoms with Crippen molar-refractivity contribution >= 4 is 64.8 Å². The van der Waals surface area contributed by atoms with Gasteiger partial charge in [-0.2, -0.15) is 0 Å². The summed E-state index contributed by atoms with van der Waals surface area (Å²) in [6.07, 6.45) is 1.86. The van der Waals surface area contributed by atoms with Crippen LogP contribution in [0.3, 0.4) is 0 Å². The highest BCUT2D eigenvalue weighted by molar-refractivity contribution is 6.28. The molecule has 2 aromatic heterocycles. The van der Waals surface area contributed by atoms with E-state index in [0.717, 1.165) is 38.5 Å². The van der Waals surface area contributed by atoms with Gasteiger partial charge in [0.2, 0.25) is 0 Å². The number of rotatable bonds is 4. The van der Waals surface area contributed by atoms with Crippen molar-refractivity contribution in [3.05, 3.63) is 182 Å². The molecule has 0 N–H and O–H groups in total. The van der Waals surface area contributed by atoms with Crippen LogP contribution in [0, 0.1) is 0 Å². The summed E-state index contributed by atoms with van der Waals surface area (Å²) >= 11 is 0. The summed E-state index contributed by atoms with van der Waals surface area (Å²) in [5.41, 5.74) is 6.15. The Bertz CT molecular complexity index is 3200. The lowest BCUT2D eigenvalue weighted by molar-refractivity contribution is 1.08. The van der Waals surface area contributed by atoms with Crippen molar-refractivity contribution in [3.8, 4) is 45.3 Å². The topological polar surface area (TPSA) is 51.6 Å². The minimum Gasteiger partial charge on any atom is -0.256 e. The largest absolute Gasteiger partial charge is 0.256 e. The maximum Gasteiger partial charge on any atom is 0.164 e. The summed E-state index contributed by atoms with van der Waals surface area (Å²) in [4.78, 5) is 20.2. The van der Waals surface area contributed by atoms with Crippen molar-refractivity contribution in [2.24, 2.45) is 0 Å². The van der Waals surface area contributed by atoms with Crippen LogP contribution in [-0.2, 0) is 0 Å². The maximum atomic E-state index is 5.23. The van der Waals surface area contributed by atoms with Crippen LogP contribution < -0.4 is 0 Å². The molecule has 0 amide bonds. The summed E-state index contributed by atoms with van der Waals surface area (Å²) in [5.74, 6) is 1.92. The van der Waals surface area contributed by atoms with Crippen LogP contribution in [0.5, 0.6) is 0 Å². The predicted octanol–water partition coefficient (Wildman–Crippen LogP) is 12.9. The zero-order valence-electron chi connectivity index (χ0n) is 29.1. The van der Waals surface area contributed by atoms with Gasteiger partial charge in [0.15, 0.2) is 17.5 Å². The van der Waals surface area contributed by atoms with Crippen LogP contribution in [0.2, 0.25) is 0 Å². The molecule has 0 aliphatic rings. The molecular formula is C50H30N4. The second-order valence-electron chi connectivity index (χ2n) is 13.8. The van der Waals surface area contributed by atoms with Crippen LogP contribution in [-0.4, -0.2) is 19.9 Å². The Hall–Kier alpha value is -7.30. The zero-order valence-corrected chi connectivity index (χ0v) is 29.1. The van der Waals surface area contributed by atoms with E-state index < -0.39 is 0 Å². The second-order valence-corrected chi connectivity index (χ2v) is 13.8. The Kier molecular flexibility index (Phi) is 6.82. The molecule has 9 aromatic carbocycles. The molecule has 0 aliphatic heterocycles. The third-order valence-corrected chi connectivity index (χ3v) is 10.7. The van der Waals surface area contributed by atoms with E-state index >= 15 is 0 Å². The molecule has 250 valence electrons. The van der Waals surface area contributed by atoms with Gasteiger partial charge in [0.1, 0.15) is 0 Å². The van der Waals surface area contributed by atoms with Crippen LogP contribution in [0.4, 0.5) is 0 Å². The molecular weight excluding hydrogens is 657 g/mol. The first-order chi connectivity index (χ1) is 26.8. The van der Waals surface area contributed by atoms with Gasteiger partial charge in [0.25, 0.3) is 0 Å². The van der Waals surface area contributed by atoms with Gasteiger partial charge >= 0.3 is 0 Å². The van der Waals surface area contributed by atoms with Crippen molar-refractivity contribution in [3.63, 3.8) is 0 Å². The number of benzene rings is 9. The number of nitrogens with zero attached hydrogens (tertiary/aromatic N) is 4. The first-order valence-corrected chi connectivity index (χ1v) is 18.2. The van der Waals surface area contributed by atoms with E-state index in [0.29, 0.717) is 17.5 Å². The molecule has 4 nitrogen and oxygen atoms in total. The smallest absolute Gasteiger partial charge is 0.164 e. The highest BCUT2D eigenvalue weighted by Gasteiger charge is 2.18. The van der Waals surface area contributed by atoms with Gasteiger partial charge in [-0.15, -0.1) is 0 Å². The Balaban J connectivity index is 1.11. The number of fused-ring (bicyclic) bond motifs is 11. The quantitative estimate of drug-likeness (QED) is 0.173. The molecule has 0 fully saturated rings. The van der Waals surface area contributed by atoms with Crippen molar-refractivity contribution in [1.29, 1.82) is 0 Å². The van der Waals surface area contributed by atoms with E-state index in [4.69, 9.17) is 15.0 Å². The molecule has 0 spiro atoms. The Morgan fingerprint density at radius 2 is 0.852 bits per heavy atom. The lowest BCUT2D eigenvalue weighted by Crippen LogP contribution is -2.01. The monoisotopic (exact) mass is 686 g/mol. The second kappa shape index (κ2) is 12.1. The minimum absolute atomic E-state index is 0.632. The zero-order chi connectivity index (χ0) is 35.6. The average molecular weight is 687 g/mol. The maximum absolute atomic E-state index is 5.23. The molecule has 0 saturated carbocycles. The van der Waals surface area contributed by atoms with Crippen LogP contribution >= 0.6 is 0 Å². The van der Waals surface area contributed by atoms with Gasteiger partial charge in [-0.1, -0.05) is 158 Å². The SMILES string of the molecule is c1ccc(-c2nc(-c3ccc(-c4cc5ccccc5c5c4ccc4ncccc45)cc3)nc(-c3cccc4c5ccccc5c5ccccc5c34)n2)cc1. The van der Waals surface area contributed by atoms with Crippen LogP contribution in [0.25, 0.3) is 110 Å². The fraction of sp³-hybridized carbons (Fsp3) is 0. The molecule has 2 heterocycles. The molecule has 0 atom stereocenters. The van der Waals surface area contributed by atoms with Crippen molar-refractivity contribution < 1.29 is 0 Å². The normalized spacial score (nSPS) is 11.7. The summed E-state index contributed by atoms with van der Waals surface area (Å²) in [6, 6.07) is 62.1. The minimum atomic E-state index is 0.632. The summed E-state index contributed by atoms with van der Waals surface area (Å²) in [7, 11) is 0. The van der Waals surface area contributed by atoms with Crippen LogP contribution in [0.15, 0.2) is 182 Å². The van der Waals surface area contributed by atoms with E-state index in [1.165, 1.54) is 54.0 Å². The molecule has 54 heavy (non-hydrogen) atoms. The van der Waals surface area contributed by atoms with E-state index in [9.17, 15) is 0 Å². The molecule has 4 heteroatoms. The van der Waals surface area contributed by atoms with Crippen molar-refractivity contribution in [2.45, 2.75) is 0 Å². The molecule has 0 radical (unpaired) electrons. The Morgan fingerprint density at radius 1 is 0.296 bits per heavy atom. The Labute approximate surface area is 311 Å². The number of pyridine rings is 1. The lowest BCUT2D eigenvalue weighted by Gasteiger charge is -2.15. The molecule has 0 unspecified atom stereocenters. The fourth-order valence-electron chi connectivity index (χ4n) is 8.27. The Morgan fingerprint density at radius 3 is 1.59 bits per heavy atom. The van der Waals surface area contributed by atoms with Gasteiger partial charge in [0.05, 0.1) is 5.52 Å². The van der Waals surface area contributed by atoms with Crippen LogP contribution in [0.1, 0.15) is 0 Å². The molecule has 11 aromatic rings. The molecule has 0 bridgehead atoms. The van der Waals surface area contributed by atoms with E-state index in [1.807, 2.05) is 30.5 Å². The van der Waals surface area contributed by atoms with Gasteiger partial charge in [-0.25, -0.2) is 15.0 Å². The fourth-order valence-corrected chi connectivity index (χ4v) is 8.27. The van der Waals surface area contributed by atoms with Gasteiger partial charge in [-0.3, -0.25) is 4.98 Å². The first kappa shape index (κ1) is 30.3. The van der Waals surface area contributed by atoms with Gasteiger partial charge < -0.3 is 0 Å². The number of aromatic nitrogens is 4. The summed E-state index contributed by atoms with van der Waals surface area (Å²) < 4.78 is 0. The first-order valence-electron chi connectivity index (χ1n) is 18.2. The standard InChI is InChI=1S/C50H30N4/c1-2-12-32(13-3-1)48-52-49(54-50(53-48)43-21-10-20-40-38-17-7-6-16-36(38)37-18-8-9-19-39(37)47(40)43)33-25-23-31(24-26-33)44-30-34-14-4-5-15-35(34)46-41(44)27-28-45-42(46)22-11-29-51-45/h1-30H. The average Bonchev–Trinajstić information content (AvgIpc) is 3.26. The van der Waals surface area contributed by atoms with E-state index in [2.05, 4.69) is 157 Å². The van der Waals surface area contributed by atoms with Crippen molar-refractivity contribution in [1.82, 2.24) is 19.9 Å². The number of hydrogen-bond acceptors (Lipinski definition) is 4. The molecule has 11 rings (SSSR count). The summed E-state index contributed by atoms with van der Waals surface area (Å²) in [5, 5.41) is 13.2. The third kappa shape index (κ3) is 4.78. The van der Waals surface area contributed by atoms with E-state index in [1.54, 1.807) is 0 Å². The lowest BCUT2D eigenvalue weighted by atomic mass is 9.91. The number of hydrogen-bond donors (Lipinski definition) is 0. The van der Waals surface area contributed by atoms with Crippen molar-refractivity contribution in [2.75, 3.05) is 0 Å². The highest BCUT2D eigenvalue weighted by Crippen LogP contribution is 2.41. The molecule has 0 aliphatic carbocycles. The predicted molar refractivity (Wildman–Crippen MR) is 224 cm³/mol. The van der Waals surface area contributed by atoms with E-state index in [-0.39, 0.29) is 0 Å². The van der Waals surface area contributed by atoms with Gasteiger partial charge in [-0.05, 0) is 77.8 Å². The summed E-state index contributed by atoms with van der Waals surface area (Å²) in [6.45, 7) is 0. The highest BCUT2D eigenvalue weighted by atomic mass is 15.0. The van der Waals surface area contributed by atoms with Gasteiger partial charge in [0, 0.05) is 33.7 Å². The molecule has 0 saturated heterocycles. The third-order valence-electron chi connectivity index (χ3n) is 10.7.